The Labute approximate surface area is 91.3 Å². The van der Waals surface area contributed by atoms with Gasteiger partial charge in [0.25, 0.3) is 0 Å². The molecule has 0 radical (unpaired) electrons. The lowest BCUT2D eigenvalue weighted by Crippen LogP contribution is -2.17. The highest BCUT2D eigenvalue weighted by Gasteiger charge is 2.08. The summed E-state index contributed by atoms with van der Waals surface area (Å²) >= 11 is 0. The zero-order chi connectivity index (χ0) is 11.4. The summed E-state index contributed by atoms with van der Waals surface area (Å²) in [6.45, 7) is 7.93. The van der Waals surface area contributed by atoms with Crippen LogP contribution in [0.5, 0.6) is 5.75 Å². The number of Topliss-reactive ketones (excluding diaryl/α,β-unsaturated/α-hetero) is 1. The van der Waals surface area contributed by atoms with Crippen LogP contribution in [0, 0.1) is 19.8 Å². The molecule has 15 heavy (non-hydrogen) atoms. The highest BCUT2D eigenvalue weighted by Crippen LogP contribution is 2.19. The fraction of sp³-hybridized carbons (Fsp3) is 0.462. The molecule has 1 aromatic carbocycles. The van der Waals surface area contributed by atoms with Crippen molar-refractivity contribution < 1.29 is 9.53 Å². The molecule has 0 aliphatic rings. The molecule has 0 heterocycles. The second-order valence-corrected chi connectivity index (χ2v) is 4.18. The lowest BCUT2D eigenvalue weighted by Gasteiger charge is -2.10. The Morgan fingerprint density at radius 3 is 2.60 bits per heavy atom. The van der Waals surface area contributed by atoms with E-state index >= 15 is 0 Å². The number of hydrogen-bond acceptors (Lipinski definition) is 2. The van der Waals surface area contributed by atoms with Crippen LogP contribution in [0.15, 0.2) is 18.2 Å². The second-order valence-electron chi connectivity index (χ2n) is 4.18. The fourth-order valence-electron chi connectivity index (χ4n) is 1.18. The summed E-state index contributed by atoms with van der Waals surface area (Å²) in [4.78, 5) is 11.4. The molecule has 2 nitrogen and oxygen atoms in total. The maximum absolute atomic E-state index is 11.4. The van der Waals surface area contributed by atoms with E-state index in [1.165, 1.54) is 0 Å². The Hall–Kier alpha value is -1.31. The van der Waals surface area contributed by atoms with Crippen molar-refractivity contribution in [3.63, 3.8) is 0 Å². The van der Waals surface area contributed by atoms with Gasteiger partial charge in [-0.3, -0.25) is 4.79 Å². The molecule has 0 unspecified atom stereocenters. The molecule has 0 saturated carbocycles. The van der Waals surface area contributed by atoms with Crippen LogP contribution in [-0.2, 0) is 4.79 Å². The molecule has 0 aliphatic heterocycles. The summed E-state index contributed by atoms with van der Waals surface area (Å²) in [5.41, 5.74) is 2.21. The summed E-state index contributed by atoms with van der Waals surface area (Å²) in [7, 11) is 0. The smallest absolute Gasteiger partial charge is 0.172 e. The monoisotopic (exact) mass is 206 g/mol. The highest BCUT2D eigenvalue weighted by atomic mass is 16.5. The predicted octanol–water partition coefficient (Wildman–Crippen LogP) is 2.91. The summed E-state index contributed by atoms with van der Waals surface area (Å²) in [5.74, 6) is 0.982. The number of aryl methyl sites for hydroxylation is 2. The first-order valence-electron chi connectivity index (χ1n) is 5.23. The van der Waals surface area contributed by atoms with Crippen molar-refractivity contribution in [2.24, 2.45) is 5.92 Å². The van der Waals surface area contributed by atoms with E-state index in [0.29, 0.717) is 0 Å². The average molecular weight is 206 g/mol. The van der Waals surface area contributed by atoms with Crippen molar-refractivity contribution in [3.05, 3.63) is 29.3 Å². The minimum Gasteiger partial charge on any atom is -0.486 e. The maximum Gasteiger partial charge on any atom is 0.172 e. The number of hydrogen-bond donors (Lipinski definition) is 0. The lowest BCUT2D eigenvalue weighted by molar-refractivity contribution is -0.123. The number of ketones is 1. The minimum absolute atomic E-state index is 0.0371. The van der Waals surface area contributed by atoms with Crippen LogP contribution in [0.1, 0.15) is 25.0 Å². The van der Waals surface area contributed by atoms with Crippen molar-refractivity contribution in [1.82, 2.24) is 0 Å². The van der Waals surface area contributed by atoms with Crippen molar-refractivity contribution in [1.29, 1.82) is 0 Å². The van der Waals surface area contributed by atoms with E-state index in [4.69, 9.17) is 4.74 Å². The second kappa shape index (κ2) is 4.96. The van der Waals surface area contributed by atoms with Crippen LogP contribution in [0.4, 0.5) is 0 Å². The molecule has 1 rings (SSSR count). The molecule has 0 amide bonds. The highest BCUT2D eigenvalue weighted by molar-refractivity contribution is 5.81. The van der Waals surface area contributed by atoms with Gasteiger partial charge in [0, 0.05) is 5.92 Å². The van der Waals surface area contributed by atoms with E-state index in [1.54, 1.807) is 0 Å². The zero-order valence-electron chi connectivity index (χ0n) is 9.83. The fourth-order valence-corrected chi connectivity index (χ4v) is 1.18. The first-order valence-corrected chi connectivity index (χ1v) is 5.23. The van der Waals surface area contributed by atoms with Gasteiger partial charge in [0.2, 0.25) is 0 Å². The molecular weight excluding hydrogens is 188 g/mol. The largest absolute Gasteiger partial charge is 0.486 e. The summed E-state index contributed by atoms with van der Waals surface area (Å²) in [6.07, 6.45) is 0. The minimum atomic E-state index is 0.0371. The molecule has 0 bridgehead atoms. The molecule has 2 heteroatoms. The molecule has 0 aliphatic carbocycles. The Bertz CT molecular complexity index is 354. The van der Waals surface area contributed by atoms with Crippen molar-refractivity contribution >= 4 is 5.78 Å². The average Bonchev–Trinajstić information content (AvgIpc) is 2.18. The van der Waals surface area contributed by atoms with Crippen molar-refractivity contribution in [2.45, 2.75) is 27.7 Å². The van der Waals surface area contributed by atoms with E-state index in [9.17, 15) is 4.79 Å². The number of carbonyl (C=O) groups excluding carboxylic acids is 1. The van der Waals surface area contributed by atoms with E-state index in [-0.39, 0.29) is 18.3 Å². The molecule has 0 fully saturated rings. The first-order chi connectivity index (χ1) is 7.00. The third-order valence-electron chi connectivity index (χ3n) is 2.36. The van der Waals surface area contributed by atoms with Crippen molar-refractivity contribution in [3.8, 4) is 5.75 Å². The number of carbonyl (C=O) groups is 1. The SMILES string of the molecule is Cc1ccc(C)c(OCC(=O)C(C)C)c1. The predicted molar refractivity (Wildman–Crippen MR) is 61.3 cm³/mol. The van der Waals surface area contributed by atoms with Gasteiger partial charge in [-0.2, -0.15) is 0 Å². The third kappa shape index (κ3) is 3.39. The zero-order valence-corrected chi connectivity index (χ0v) is 9.83. The molecule has 0 N–H and O–H groups in total. The molecule has 82 valence electrons. The van der Waals surface area contributed by atoms with Crippen LogP contribution in [0.2, 0.25) is 0 Å². The summed E-state index contributed by atoms with van der Waals surface area (Å²) in [5, 5.41) is 0. The van der Waals surface area contributed by atoms with E-state index in [1.807, 2.05) is 45.9 Å². The van der Waals surface area contributed by atoms with Gasteiger partial charge in [-0.05, 0) is 31.0 Å². The normalized spacial score (nSPS) is 10.5. The van der Waals surface area contributed by atoms with Crippen LogP contribution in [0.25, 0.3) is 0 Å². The topological polar surface area (TPSA) is 26.3 Å². The van der Waals surface area contributed by atoms with Crippen LogP contribution in [-0.4, -0.2) is 12.4 Å². The Morgan fingerprint density at radius 2 is 2.00 bits per heavy atom. The quantitative estimate of drug-likeness (QED) is 0.757. The van der Waals surface area contributed by atoms with E-state index < -0.39 is 0 Å². The van der Waals surface area contributed by atoms with Crippen molar-refractivity contribution in [2.75, 3.05) is 6.61 Å². The van der Waals surface area contributed by atoms with E-state index in [0.717, 1.165) is 16.9 Å². The van der Waals surface area contributed by atoms with Gasteiger partial charge >= 0.3 is 0 Å². The van der Waals surface area contributed by atoms with Crippen LogP contribution < -0.4 is 4.74 Å². The van der Waals surface area contributed by atoms with Gasteiger partial charge in [0.15, 0.2) is 5.78 Å². The summed E-state index contributed by atoms with van der Waals surface area (Å²) in [6, 6.07) is 6.00. The molecule has 0 spiro atoms. The van der Waals surface area contributed by atoms with Gasteiger partial charge in [0.1, 0.15) is 12.4 Å². The number of benzene rings is 1. The molecule has 1 aromatic rings. The standard InChI is InChI=1S/C13H18O2/c1-9(2)12(14)8-15-13-7-10(3)5-6-11(13)4/h5-7,9H,8H2,1-4H3. The van der Waals surface area contributed by atoms with Crippen LogP contribution >= 0.6 is 0 Å². The molecule has 0 aromatic heterocycles. The first kappa shape index (κ1) is 11.8. The Balaban J connectivity index is 2.65. The lowest BCUT2D eigenvalue weighted by atomic mass is 10.1. The van der Waals surface area contributed by atoms with Gasteiger partial charge in [-0.1, -0.05) is 26.0 Å². The third-order valence-corrected chi connectivity index (χ3v) is 2.36. The van der Waals surface area contributed by atoms with Gasteiger partial charge in [-0.25, -0.2) is 0 Å². The molecule has 0 atom stereocenters. The van der Waals surface area contributed by atoms with Gasteiger partial charge < -0.3 is 4.74 Å². The molecular formula is C13H18O2. The maximum atomic E-state index is 11.4. The van der Waals surface area contributed by atoms with E-state index in [2.05, 4.69) is 0 Å². The number of rotatable bonds is 4. The van der Waals surface area contributed by atoms with Gasteiger partial charge in [0.05, 0.1) is 0 Å². The van der Waals surface area contributed by atoms with Crippen LogP contribution in [0.3, 0.4) is 0 Å². The molecule has 0 saturated heterocycles. The van der Waals surface area contributed by atoms with Gasteiger partial charge in [-0.15, -0.1) is 0 Å². The Kier molecular flexibility index (Phi) is 3.89. The summed E-state index contributed by atoms with van der Waals surface area (Å²) < 4.78 is 5.49. The number of ether oxygens (including phenoxy) is 1. The Morgan fingerprint density at radius 1 is 1.33 bits per heavy atom.